The van der Waals surface area contributed by atoms with Crippen molar-refractivity contribution in [2.24, 2.45) is 0 Å². The molecule has 0 spiro atoms. The summed E-state index contributed by atoms with van der Waals surface area (Å²) in [7, 11) is 2.01. The molecular formula is C9H14ClN3S. The standard InChI is InChI=1S/C9H14ClN3S/c1-13(5-6-14-2)9-4-3-8(7-10)11-12-9/h3-4H,5-7H2,1-2H3. The van der Waals surface area contributed by atoms with Gasteiger partial charge in [-0.3, -0.25) is 0 Å². The number of nitrogens with zero attached hydrogens (tertiary/aromatic N) is 3. The third-order valence-corrected chi connectivity index (χ3v) is 2.73. The smallest absolute Gasteiger partial charge is 0.151 e. The summed E-state index contributed by atoms with van der Waals surface area (Å²) in [5, 5.41) is 8.08. The topological polar surface area (TPSA) is 29.0 Å². The molecule has 0 unspecified atom stereocenters. The first-order chi connectivity index (χ1) is 6.77. The number of halogens is 1. The first kappa shape index (κ1) is 11.6. The van der Waals surface area contributed by atoms with Crippen LogP contribution in [-0.4, -0.2) is 35.8 Å². The summed E-state index contributed by atoms with van der Waals surface area (Å²) in [6.07, 6.45) is 2.09. The van der Waals surface area contributed by atoms with Gasteiger partial charge in [-0.25, -0.2) is 0 Å². The average molecular weight is 232 g/mol. The molecule has 1 aromatic rings. The number of thioether (sulfide) groups is 1. The highest BCUT2D eigenvalue weighted by atomic mass is 35.5. The SMILES string of the molecule is CSCCN(C)c1ccc(CCl)nn1. The predicted molar refractivity (Wildman–Crippen MR) is 63.2 cm³/mol. The van der Waals surface area contributed by atoms with Crippen molar-refractivity contribution in [3.8, 4) is 0 Å². The van der Waals surface area contributed by atoms with Crippen molar-refractivity contribution in [2.75, 3.05) is 30.5 Å². The maximum absolute atomic E-state index is 5.62. The molecule has 1 rings (SSSR count). The van der Waals surface area contributed by atoms with E-state index in [2.05, 4.69) is 21.4 Å². The van der Waals surface area contributed by atoms with Crippen molar-refractivity contribution in [1.82, 2.24) is 10.2 Å². The van der Waals surface area contributed by atoms with E-state index in [0.717, 1.165) is 23.8 Å². The lowest BCUT2D eigenvalue weighted by atomic mass is 10.4. The maximum Gasteiger partial charge on any atom is 0.151 e. The Morgan fingerprint density at radius 2 is 2.21 bits per heavy atom. The van der Waals surface area contributed by atoms with Gasteiger partial charge in [0.1, 0.15) is 0 Å². The Hall–Kier alpha value is -0.480. The van der Waals surface area contributed by atoms with Gasteiger partial charge in [0, 0.05) is 19.3 Å². The molecule has 0 aliphatic rings. The number of alkyl halides is 1. The van der Waals surface area contributed by atoms with Gasteiger partial charge >= 0.3 is 0 Å². The number of aromatic nitrogens is 2. The summed E-state index contributed by atoms with van der Waals surface area (Å²) >= 11 is 7.44. The summed E-state index contributed by atoms with van der Waals surface area (Å²) in [6.45, 7) is 0.982. The Labute approximate surface area is 93.9 Å². The zero-order chi connectivity index (χ0) is 10.4. The van der Waals surface area contributed by atoms with Gasteiger partial charge in [-0.1, -0.05) is 0 Å². The van der Waals surface area contributed by atoms with Crippen LogP contribution in [0.4, 0.5) is 5.82 Å². The second-order valence-corrected chi connectivity index (χ2v) is 4.18. The predicted octanol–water partition coefficient (Wildman–Crippen LogP) is 2.01. The highest BCUT2D eigenvalue weighted by Crippen LogP contribution is 2.09. The molecule has 0 amide bonds. The highest BCUT2D eigenvalue weighted by Gasteiger charge is 2.02. The van der Waals surface area contributed by atoms with Crippen LogP contribution in [0.2, 0.25) is 0 Å². The Morgan fingerprint density at radius 3 is 2.71 bits per heavy atom. The lowest BCUT2D eigenvalue weighted by molar-refractivity contribution is 0.883. The molecule has 0 aliphatic carbocycles. The van der Waals surface area contributed by atoms with Crippen LogP contribution in [0.25, 0.3) is 0 Å². The summed E-state index contributed by atoms with van der Waals surface area (Å²) in [4.78, 5) is 2.08. The second-order valence-electron chi connectivity index (χ2n) is 2.93. The maximum atomic E-state index is 5.62. The Kier molecular flexibility index (Phi) is 5.04. The molecule has 1 aromatic heterocycles. The van der Waals surface area contributed by atoms with Crippen LogP contribution in [0, 0.1) is 0 Å². The third-order valence-electron chi connectivity index (χ3n) is 1.86. The summed E-state index contributed by atoms with van der Waals surface area (Å²) < 4.78 is 0. The van der Waals surface area contributed by atoms with E-state index in [4.69, 9.17) is 11.6 Å². The summed E-state index contributed by atoms with van der Waals surface area (Å²) in [6, 6.07) is 3.86. The third kappa shape index (κ3) is 3.35. The molecule has 14 heavy (non-hydrogen) atoms. The van der Waals surface area contributed by atoms with E-state index in [9.17, 15) is 0 Å². The van der Waals surface area contributed by atoms with Crippen LogP contribution in [0.15, 0.2) is 12.1 Å². The number of rotatable bonds is 5. The minimum atomic E-state index is 0.418. The minimum Gasteiger partial charge on any atom is -0.357 e. The normalized spacial score (nSPS) is 10.2. The van der Waals surface area contributed by atoms with Crippen molar-refractivity contribution < 1.29 is 0 Å². The molecule has 78 valence electrons. The molecule has 0 fully saturated rings. The fourth-order valence-electron chi connectivity index (χ4n) is 0.970. The molecule has 0 atom stereocenters. The van der Waals surface area contributed by atoms with Gasteiger partial charge in [-0.05, 0) is 18.4 Å². The van der Waals surface area contributed by atoms with Gasteiger partial charge in [0.05, 0.1) is 11.6 Å². The number of hydrogen-bond donors (Lipinski definition) is 0. The molecule has 1 heterocycles. The van der Waals surface area contributed by atoms with Crippen molar-refractivity contribution in [1.29, 1.82) is 0 Å². The largest absolute Gasteiger partial charge is 0.357 e. The Bertz CT molecular complexity index is 265. The number of anilines is 1. The van der Waals surface area contributed by atoms with Gasteiger partial charge in [0.15, 0.2) is 5.82 Å². The second kappa shape index (κ2) is 6.09. The van der Waals surface area contributed by atoms with Crippen molar-refractivity contribution in [3.63, 3.8) is 0 Å². The van der Waals surface area contributed by atoms with Gasteiger partial charge in [-0.2, -0.15) is 16.9 Å². The summed E-state index contributed by atoms with van der Waals surface area (Å²) in [5.41, 5.74) is 0.814. The molecule has 0 saturated carbocycles. The van der Waals surface area contributed by atoms with E-state index in [0.29, 0.717) is 5.88 Å². The average Bonchev–Trinajstić information content (AvgIpc) is 2.26. The van der Waals surface area contributed by atoms with Gasteiger partial charge < -0.3 is 4.90 Å². The fraction of sp³-hybridized carbons (Fsp3) is 0.556. The molecule has 0 saturated heterocycles. The quantitative estimate of drug-likeness (QED) is 0.725. The molecule has 0 radical (unpaired) electrons. The number of hydrogen-bond acceptors (Lipinski definition) is 4. The molecular weight excluding hydrogens is 218 g/mol. The fourth-order valence-corrected chi connectivity index (χ4v) is 1.57. The van der Waals surface area contributed by atoms with Gasteiger partial charge in [-0.15, -0.1) is 16.7 Å². The molecule has 0 bridgehead atoms. The molecule has 0 N–H and O–H groups in total. The first-order valence-electron chi connectivity index (χ1n) is 4.36. The van der Waals surface area contributed by atoms with E-state index in [1.165, 1.54) is 0 Å². The van der Waals surface area contributed by atoms with E-state index < -0.39 is 0 Å². The monoisotopic (exact) mass is 231 g/mol. The van der Waals surface area contributed by atoms with E-state index in [1.807, 2.05) is 30.9 Å². The zero-order valence-corrected chi connectivity index (χ0v) is 9.98. The molecule has 0 aliphatic heterocycles. The van der Waals surface area contributed by atoms with E-state index in [-0.39, 0.29) is 0 Å². The van der Waals surface area contributed by atoms with Crippen molar-refractivity contribution >= 4 is 29.2 Å². The van der Waals surface area contributed by atoms with Crippen LogP contribution in [-0.2, 0) is 5.88 Å². The van der Waals surface area contributed by atoms with Crippen LogP contribution >= 0.6 is 23.4 Å². The lowest BCUT2D eigenvalue weighted by Gasteiger charge is -2.16. The van der Waals surface area contributed by atoms with Crippen LogP contribution < -0.4 is 4.90 Å². The molecule has 0 aromatic carbocycles. The van der Waals surface area contributed by atoms with Crippen LogP contribution in [0.3, 0.4) is 0 Å². The Balaban J connectivity index is 2.57. The van der Waals surface area contributed by atoms with Crippen molar-refractivity contribution in [3.05, 3.63) is 17.8 Å². The van der Waals surface area contributed by atoms with Crippen LogP contribution in [0.5, 0.6) is 0 Å². The zero-order valence-electron chi connectivity index (χ0n) is 8.40. The summed E-state index contributed by atoms with van der Waals surface area (Å²) in [5.74, 6) is 2.41. The van der Waals surface area contributed by atoms with E-state index in [1.54, 1.807) is 0 Å². The van der Waals surface area contributed by atoms with E-state index >= 15 is 0 Å². The minimum absolute atomic E-state index is 0.418. The van der Waals surface area contributed by atoms with Gasteiger partial charge in [0.25, 0.3) is 0 Å². The van der Waals surface area contributed by atoms with Gasteiger partial charge in [0.2, 0.25) is 0 Å². The Morgan fingerprint density at radius 1 is 1.43 bits per heavy atom. The lowest BCUT2D eigenvalue weighted by Crippen LogP contribution is -2.21. The van der Waals surface area contributed by atoms with Crippen molar-refractivity contribution in [2.45, 2.75) is 5.88 Å². The molecule has 3 nitrogen and oxygen atoms in total. The van der Waals surface area contributed by atoms with Crippen LogP contribution in [0.1, 0.15) is 5.69 Å². The molecule has 5 heteroatoms. The highest BCUT2D eigenvalue weighted by molar-refractivity contribution is 7.98. The first-order valence-corrected chi connectivity index (χ1v) is 6.29.